The van der Waals surface area contributed by atoms with Crippen LogP contribution in [0.5, 0.6) is 0 Å². The molecule has 0 N–H and O–H groups in total. The molecule has 1 aliphatic heterocycles. The number of hydrogen-bond acceptors (Lipinski definition) is 5. The minimum Gasteiger partial charge on any atom is -0.461 e. The van der Waals surface area contributed by atoms with Gasteiger partial charge in [-0.3, -0.25) is 4.79 Å². The van der Waals surface area contributed by atoms with E-state index in [0.717, 1.165) is 25.9 Å². The van der Waals surface area contributed by atoms with Crippen molar-refractivity contribution in [2.45, 2.75) is 32.7 Å². The van der Waals surface area contributed by atoms with Crippen LogP contribution in [0.3, 0.4) is 0 Å². The standard InChI is InChI=1S/C12H18N4O3/c1-2-19-12(18)10-8-16(14-13-10)9-11(17)15-6-4-3-5-7-15/h8H,2-7,9H2,1H3. The Hall–Kier alpha value is -1.92. The van der Waals surface area contributed by atoms with E-state index < -0.39 is 5.97 Å². The van der Waals surface area contributed by atoms with Crippen molar-refractivity contribution in [3.05, 3.63) is 11.9 Å². The van der Waals surface area contributed by atoms with Gasteiger partial charge in [0.1, 0.15) is 6.54 Å². The number of carbonyl (C=O) groups excluding carboxylic acids is 2. The summed E-state index contributed by atoms with van der Waals surface area (Å²) in [5.74, 6) is -0.501. The van der Waals surface area contributed by atoms with Crippen LogP contribution in [0, 0.1) is 0 Å². The van der Waals surface area contributed by atoms with E-state index in [1.54, 1.807) is 6.92 Å². The molecule has 1 amide bonds. The average Bonchev–Trinajstić information content (AvgIpc) is 2.88. The fourth-order valence-electron chi connectivity index (χ4n) is 2.06. The van der Waals surface area contributed by atoms with Crippen molar-refractivity contribution in [1.29, 1.82) is 0 Å². The maximum absolute atomic E-state index is 12.0. The zero-order valence-corrected chi connectivity index (χ0v) is 11.0. The van der Waals surface area contributed by atoms with Crippen LogP contribution in [0.15, 0.2) is 6.20 Å². The summed E-state index contributed by atoms with van der Waals surface area (Å²) in [5, 5.41) is 7.47. The van der Waals surface area contributed by atoms with Crippen molar-refractivity contribution in [1.82, 2.24) is 19.9 Å². The molecule has 1 saturated heterocycles. The topological polar surface area (TPSA) is 77.3 Å². The quantitative estimate of drug-likeness (QED) is 0.740. The number of piperidine rings is 1. The first-order valence-electron chi connectivity index (χ1n) is 6.55. The molecule has 0 atom stereocenters. The van der Waals surface area contributed by atoms with Gasteiger partial charge in [0.05, 0.1) is 12.8 Å². The summed E-state index contributed by atoms with van der Waals surface area (Å²) in [4.78, 5) is 25.2. The van der Waals surface area contributed by atoms with E-state index in [2.05, 4.69) is 10.3 Å². The molecule has 1 fully saturated rings. The third kappa shape index (κ3) is 3.52. The Morgan fingerprint density at radius 2 is 2.05 bits per heavy atom. The Bertz CT molecular complexity index is 452. The number of carbonyl (C=O) groups is 2. The van der Waals surface area contributed by atoms with Crippen LogP contribution in [0.4, 0.5) is 0 Å². The third-order valence-corrected chi connectivity index (χ3v) is 3.03. The van der Waals surface area contributed by atoms with Gasteiger partial charge in [0, 0.05) is 13.1 Å². The predicted molar refractivity (Wildman–Crippen MR) is 66.4 cm³/mol. The van der Waals surface area contributed by atoms with Crippen LogP contribution < -0.4 is 0 Å². The maximum atomic E-state index is 12.0. The molecule has 0 unspecified atom stereocenters. The summed E-state index contributed by atoms with van der Waals surface area (Å²) in [7, 11) is 0. The Morgan fingerprint density at radius 1 is 1.32 bits per heavy atom. The van der Waals surface area contributed by atoms with E-state index in [-0.39, 0.29) is 18.1 Å². The van der Waals surface area contributed by atoms with E-state index in [1.165, 1.54) is 17.3 Å². The monoisotopic (exact) mass is 266 g/mol. The van der Waals surface area contributed by atoms with E-state index in [0.29, 0.717) is 6.61 Å². The third-order valence-electron chi connectivity index (χ3n) is 3.03. The lowest BCUT2D eigenvalue weighted by Gasteiger charge is -2.26. The lowest BCUT2D eigenvalue weighted by atomic mass is 10.1. The number of ether oxygens (including phenoxy) is 1. The molecule has 2 heterocycles. The molecule has 19 heavy (non-hydrogen) atoms. The van der Waals surface area contributed by atoms with Crippen LogP contribution in [-0.2, 0) is 16.1 Å². The average molecular weight is 266 g/mol. The molecule has 2 rings (SSSR count). The highest BCUT2D eigenvalue weighted by Gasteiger charge is 2.18. The predicted octanol–water partition coefficient (Wildman–Crippen LogP) is 0.467. The second kappa shape index (κ2) is 6.31. The molecule has 1 aromatic rings. The lowest BCUT2D eigenvalue weighted by molar-refractivity contribution is -0.132. The first-order chi connectivity index (χ1) is 9.20. The van der Waals surface area contributed by atoms with Crippen LogP contribution >= 0.6 is 0 Å². The fraction of sp³-hybridized carbons (Fsp3) is 0.667. The van der Waals surface area contributed by atoms with Crippen molar-refractivity contribution in [3.8, 4) is 0 Å². The summed E-state index contributed by atoms with van der Waals surface area (Å²) in [6.45, 7) is 3.74. The summed E-state index contributed by atoms with van der Waals surface area (Å²) in [6.07, 6.45) is 4.73. The minimum absolute atomic E-state index is 0.0139. The van der Waals surface area contributed by atoms with Gasteiger partial charge in [-0.25, -0.2) is 9.48 Å². The van der Waals surface area contributed by atoms with Crippen molar-refractivity contribution < 1.29 is 14.3 Å². The van der Waals surface area contributed by atoms with Crippen LogP contribution in [0.2, 0.25) is 0 Å². The molecule has 0 aliphatic carbocycles. The van der Waals surface area contributed by atoms with Crippen molar-refractivity contribution in [2.75, 3.05) is 19.7 Å². The van der Waals surface area contributed by atoms with E-state index >= 15 is 0 Å². The van der Waals surface area contributed by atoms with Gasteiger partial charge in [-0.2, -0.15) is 0 Å². The van der Waals surface area contributed by atoms with Gasteiger partial charge in [0.2, 0.25) is 5.91 Å². The molecule has 0 aromatic carbocycles. The summed E-state index contributed by atoms with van der Waals surface area (Å²) in [5.41, 5.74) is 0.133. The molecule has 1 aliphatic rings. The first kappa shape index (κ1) is 13.5. The SMILES string of the molecule is CCOC(=O)c1cn(CC(=O)N2CCCCC2)nn1. The minimum atomic E-state index is -0.515. The molecule has 0 saturated carbocycles. The van der Waals surface area contributed by atoms with Crippen LogP contribution in [0.1, 0.15) is 36.7 Å². The lowest BCUT2D eigenvalue weighted by Crippen LogP contribution is -2.37. The van der Waals surface area contributed by atoms with Crippen molar-refractivity contribution in [2.24, 2.45) is 0 Å². The smallest absolute Gasteiger partial charge is 0.360 e. The highest BCUT2D eigenvalue weighted by Crippen LogP contribution is 2.09. The maximum Gasteiger partial charge on any atom is 0.360 e. The molecular formula is C12H18N4O3. The number of esters is 1. The number of hydrogen-bond donors (Lipinski definition) is 0. The number of likely N-dealkylation sites (tertiary alicyclic amines) is 1. The zero-order chi connectivity index (χ0) is 13.7. The van der Waals surface area contributed by atoms with Gasteiger partial charge in [0.25, 0.3) is 0 Å². The summed E-state index contributed by atoms with van der Waals surface area (Å²) >= 11 is 0. The summed E-state index contributed by atoms with van der Waals surface area (Å²) in [6, 6.07) is 0. The van der Waals surface area contributed by atoms with E-state index in [9.17, 15) is 9.59 Å². The second-order valence-corrected chi connectivity index (χ2v) is 4.46. The molecule has 7 nitrogen and oxygen atoms in total. The highest BCUT2D eigenvalue weighted by molar-refractivity contribution is 5.86. The van der Waals surface area contributed by atoms with E-state index in [4.69, 9.17) is 4.74 Å². The van der Waals surface area contributed by atoms with Gasteiger partial charge < -0.3 is 9.64 Å². The van der Waals surface area contributed by atoms with Crippen LogP contribution in [-0.4, -0.2) is 51.5 Å². The van der Waals surface area contributed by atoms with Gasteiger partial charge in [-0.05, 0) is 26.2 Å². The van der Waals surface area contributed by atoms with Crippen molar-refractivity contribution in [3.63, 3.8) is 0 Å². The Kier molecular flexibility index (Phi) is 4.48. The van der Waals surface area contributed by atoms with Gasteiger partial charge in [-0.15, -0.1) is 5.10 Å². The number of aromatic nitrogens is 3. The molecule has 0 spiro atoms. The molecule has 0 radical (unpaired) electrons. The number of rotatable bonds is 4. The Morgan fingerprint density at radius 3 is 2.74 bits per heavy atom. The fourth-order valence-corrected chi connectivity index (χ4v) is 2.06. The van der Waals surface area contributed by atoms with Crippen molar-refractivity contribution >= 4 is 11.9 Å². The second-order valence-electron chi connectivity index (χ2n) is 4.46. The number of nitrogens with zero attached hydrogens (tertiary/aromatic N) is 4. The Balaban J connectivity index is 1.92. The van der Waals surface area contributed by atoms with Gasteiger partial charge >= 0.3 is 5.97 Å². The van der Waals surface area contributed by atoms with Gasteiger partial charge in [0.15, 0.2) is 5.69 Å². The first-order valence-corrected chi connectivity index (χ1v) is 6.55. The molecule has 1 aromatic heterocycles. The molecule has 0 bridgehead atoms. The number of amides is 1. The van der Waals surface area contributed by atoms with Crippen LogP contribution in [0.25, 0.3) is 0 Å². The molecule has 104 valence electrons. The highest BCUT2D eigenvalue weighted by atomic mass is 16.5. The molecule has 7 heteroatoms. The molecular weight excluding hydrogens is 248 g/mol. The van der Waals surface area contributed by atoms with E-state index in [1.807, 2.05) is 4.90 Å². The zero-order valence-electron chi connectivity index (χ0n) is 11.0. The van der Waals surface area contributed by atoms with Gasteiger partial charge in [-0.1, -0.05) is 5.21 Å². The Labute approximate surface area is 111 Å². The summed E-state index contributed by atoms with van der Waals surface area (Å²) < 4.78 is 6.19. The largest absolute Gasteiger partial charge is 0.461 e. The normalized spacial score (nSPS) is 15.3.